The van der Waals surface area contributed by atoms with E-state index in [1.807, 2.05) is 40.6 Å². The number of ether oxygens (including phenoxy) is 1. The molecular weight excluding hydrogens is 316 g/mol. The van der Waals surface area contributed by atoms with Crippen LogP contribution in [0.3, 0.4) is 0 Å². The molecule has 0 bridgehead atoms. The minimum atomic E-state index is 0.169. The van der Waals surface area contributed by atoms with Gasteiger partial charge in [-0.25, -0.2) is 0 Å². The summed E-state index contributed by atoms with van der Waals surface area (Å²) in [6, 6.07) is 8.14. The van der Waals surface area contributed by atoms with Gasteiger partial charge in [-0.1, -0.05) is 6.07 Å². The van der Waals surface area contributed by atoms with Gasteiger partial charge in [-0.05, 0) is 12.1 Å². The smallest absolute Gasteiger partial charge is 0.236 e. The monoisotopic (exact) mass is 338 g/mol. The lowest BCUT2D eigenvalue weighted by atomic mass is 10.2. The van der Waals surface area contributed by atoms with E-state index in [1.54, 1.807) is 7.11 Å². The Labute approximate surface area is 140 Å². The molecule has 0 saturated carbocycles. The van der Waals surface area contributed by atoms with Gasteiger partial charge in [-0.3, -0.25) is 4.79 Å². The summed E-state index contributed by atoms with van der Waals surface area (Å²) in [5, 5.41) is 0.169. The van der Waals surface area contributed by atoms with E-state index in [1.165, 1.54) is 11.4 Å². The average molecular weight is 338 g/mol. The Kier molecular flexibility index (Phi) is 5.41. The molecular formula is C16H22N2O2S2. The van der Waals surface area contributed by atoms with E-state index in [0.29, 0.717) is 5.91 Å². The standard InChI is InChI=1S/C16H22N2O2S2/c1-20-14-4-2-3-13(11-14)17-5-7-18(8-6-17)16(19)15-12-21-9-10-22-15/h2-4,11,15H,5-10,12H2,1H3. The molecule has 22 heavy (non-hydrogen) atoms. The number of carbonyl (C=O) groups excluding carboxylic acids is 1. The van der Waals surface area contributed by atoms with Crippen LogP contribution in [0.4, 0.5) is 5.69 Å². The SMILES string of the molecule is COc1cccc(N2CCN(C(=O)C3CSCCS3)CC2)c1. The second-order valence-electron chi connectivity index (χ2n) is 5.45. The van der Waals surface area contributed by atoms with Crippen molar-refractivity contribution in [1.29, 1.82) is 0 Å². The van der Waals surface area contributed by atoms with E-state index >= 15 is 0 Å². The van der Waals surface area contributed by atoms with Gasteiger partial charge in [0, 0.05) is 55.2 Å². The van der Waals surface area contributed by atoms with Crippen LogP contribution in [0.2, 0.25) is 0 Å². The molecule has 1 atom stereocenters. The van der Waals surface area contributed by atoms with E-state index in [2.05, 4.69) is 17.0 Å². The fourth-order valence-corrected chi connectivity index (χ4v) is 5.46. The number of hydrogen-bond acceptors (Lipinski definition) is 5. The summed E-state index contributed by atoms with van der Waals surface area (Å²) in [6.45, 7) is 3.42. The molecule has 1 unspecified atom stereocenters. The Bertz CT molecular complexity index is 513. The van der Waals surface area contributed by atoms with Crippen molar-refractivity contribution < 1.29 is 9.53 Å². The minimum Gasteiger partial charge on any atom is -0.497 e. The summed E-state index contributed by atoms with van der Waals surface area (Å²) >= 11 is 3.73. The maximum absolute atomic E-state index is 12.6. The summed E-state index contributed by atoms with van der Waals surface area (Å²) in [4.78, 5) is 16.9. The van der Waals surface area contributed by atoms with Crippen LogP contribution in [0.15, 0.2) is 24.3 Å². The van der Waals surface area contributed by atoms with Crippen molar-refractivity contribution in [2.45, 2.75) is 5.25 Å². The second-order valence-corrected chi connectivity index (χ2v) is 7.91. The van der Waals surface area contributed by atoms with Crippen molar-refractivity contribution in [2.75, 3.05) is 55.4 Å². The number of amides is 1. The number of rotatable bonds is 3. The topological polar surface area (TPSA) is 32.8 Å². The molecule has 0 spiro atoms. The molecule has 0 aliphatic carbocycles. The van der Waals surface area contributed by atoms with Crippen LogP contribution in [-0.4, -0.2) is 66.6 Å². The zero-order valence-corrected chi connectivity index (χ0v) is 14.5. The number of carbonyl (C=O) groups is 1. The molecule has 4 nitrogen and oxygen atoms in total. The number of benzene rings is 1. The van der Waals surface area contributed by atoms with Gasteiger partial charge in [0.1, 0.15) is 5.75 Å². The van der Waals surface area contributed by atoms with Gasteiger partial charge in [0.25, 0.3) is 0 Å². The van der Waals surface area contributed by atoms with Crippen molar-refractivity contribution in [3.05, 3.63) is 24.3 Å². The molecule has 2 aliphatic rings. The van der Waals surface area contributed by atoms with Crippen LogP contribution in [0, 0.1) is 0 Å². The molecule has 120 valence electrons. The molecule has 2 heterocycles. The van der Waals surface area contributed by atoms with Gasteiger partial charge in [0.15, 0.2) is 0 Å². The van der Waals surface area contributed by atoms with E-state index in [0.717, 1.165) is 43.4 Å². The summed E-state index contributed by atoms with van der Waals surface area (Å²) in [5.74, 6) is 4.47. The number of methoxy groups -OCH3 is 1. The first-order valence-corrected chi connectivity index (χ1v) is 9.85. The summed E-state index contributed by atoms with van der Waals surface area (Å²) in [7, 11) is 1.69. The Morgan fingerprint density at radius 1 is 1.23 bits per heavy atom. The minimum absolute atomic E-state index is 0.169. The van der Waals surface area contributed by atoms with Gasteiger partial charge in [-0.15, -0.1) is 11.8 Å². The molecule has 3 rings (SSSR count). The first-order valence-electron chi connectivity index (χ1n) is 7.65. The van der Waals surface area contributed by atoms with E-state index in [-0.39, 0.29) is 5.25 Å². The highest BCUT2D eigenvalue weighted by Crippen LogP contribution is 2.27. The van der Waals surface area contributed by atoms with Crippen molar-refractivity contribution in [1.82, 2.24) is 4.90 Å². The number of piperazine rings is 1. The highest BCUT2D eigenvalue weighted by Gasteiger charge is 2.29. The Morgan fingerprint density at radius 2 is 2.05 bits per heavy atom. The summed E-state index contributed by atoms with van der Waals surface area (Å²) in [6.07, 6.45) is 0. The number of thioether (sulfide) groups is 2. The summed E-state index contributed by atoms with van der Waals surface area (Å²) < 4.78 is 5.29. The fraction of sp³-hybridized carbons (Fsp3) is 0.562. The third-order valence-corrected chi connectivity index (χ3v) is 6.84. The van der Waals surface area contributed by atoms with Gasteiger partial charge in [-0.2, -0.15) is 11.8 Å². The van der Waals surface area contributed by atoms with Crippen molar-refractivity contribution in [3.8, 4) is 5.75 Å². The molecule has 6 heteroatoms. The first kappa shape index (κ1) is 15.9. The molecule has 1 aromatic rings. The number of anilines is 1. The second kappa shape index (κ2) is 7.51. The van der Waals surface area contributed by atoms with Gasteiger partial charge in [0.2, 0.25) is 5.91 Å². The Balaban J connectivity index is 1.56. The molecule has 2 aliphatic heterocycles. The van der Waals surface area contributed by atoms with E-state index in [9.17, 15) is 4.79 Å². The van der Waals surface area contributed by atoms with Crippen molar-refractivity contribution in [2.24, 2.45) is 0 Å². The Hall–Kier alpha value is -1.01. The predicted octanol–water partition coefficient (Wildman–Crippen LogP) is 2.19. The highest BCUT2D eigenvalue weighted by atomic mass is 32.2. The lowest BCUT2D eigenvalue weighted by Crippen LogP contribution is -2.51. The van der Waals surface area contributed by atoms with Crippen LogP contribution in [0.5, 0.6) is 5.75 Å². The Morgan fingerprint density at radius 3 is 2.73 bits per heavy atom. The van der Waals surface area contributed by atoms with Crippen LogP contribution in [-0.2, 0) is 4.79 Å². The van der Waals surface area contributed by atoms with Crippen molar-refractivity contribution >= 4 is 35.1 Å². The predicted molar refractivity (Wildman–Crippen MR) is 95.4 cm³/mol. The van der Waals surface area contributed by atoms with E-state index in [4.69, 9.17) is 4.74 Å². The van der Waals surface area contributed by atoms with Crippen molar-refractivity contribution in [3.63, 3.8) is 0 Å². The van der Waals surface area contributed by atoms with Gasteiger partial charge in [0.05, 0.1) is 12.4 Å². The maximum atomic E-state index is 12.6. The summed E-state index contributed by atoms with van der Waals surface area (Å²) in [5.41, 5.74) is 1.18. The molecule has 0 N–H and O–H groups in total. The highest BCUT2D eigenvalue weighted by molar-refractivity contribution is 8.07. The van der Waals surface area contributed by atoms with Gasteiger partial charge >= 0.3 is 0 Å². The fourth-order valence-electron chi connectivity index (χ4n) is 2.83. The molecule has 1 amide bonds. The van der Waals surface area contributed by atoms with Crippen LogP contribution in [0.25, 0.3) is 0 Å². The average Bonchev–Trinajstić information content (AvgIpc) is 2.62. The van der Waals surface area contributed by atoms with Gasteiger partial charge < -0.3 is 14.5 Å². The quantitative estimate of drug-likeness (QED) is 0.844. The molecule has 2 saturated heterocycles. The first-order chi connectivity index (χ1) is 10.8. The normalized spacial score (nSPS) is 22.5. The zero-order valence-electron chi connectivity index (χ0n) is 12.9. The number of nitrogens with zero attached hydrogens (tertiary/aromatic N) is 2. The molecule has 1 aromatic carbocycles. The third kappa shape index (κ3) is 3.66. The number of hydrogen-bond donors (Lipinski definition) is 0. The molecule has 0 radical (unpaired) electrons. The zero-order chi connectivity index (χ0) is 15.4. The molecule has 2 fully saturated rings. The van der Waals surface area contributed by atoms with Crippen LogP contribution in [0.1, 0.15) is 0 Å². The largest absolute Gasteiger partial charge is 0.497 e. The maximum Gasteiger partial charge on any atom is 0.236 e. The van der Waals surface area contributed by atoms with Crippen LogP contribution < -0.4 is 9.64 Å². The third-order valence-electron chi connectivity index (χ3n) is 4.10. The lowest BCUT2D eigenvalue weighted by molar-refractivity contribution is -0.130. The van der Waals surface area contributed by atoms with Crippen LogP contribution >= 0.6 is 23.5 Å². The lowest BCUT2D eigenvalue weighted by Gasteiger charge is -2.38. The molecule has 0 aromatic heterocycles. The van der Waals surface area contributed by atoms with E-state index < -0.39 is 0 Å².